The summed E-state index contributed by atoms with van der Waals surface area (Å²) in [5.74, 6) is -0.260. The third-order valence-corrected chi connectivity index (χ3v) is 1.23. The molecule has 0 heterocycles. The van der Waals surface area contributed by atoms with Gasteiger partial charge in [0.2, 0.25) is 0 Å². The topological polar surface area (TPSA) is 46.5 Å². The standard InChI is InChI=1S/C6H12O3/c1-4(7)6(8)5(2)9-3/h5-6,8H,1-3H3. The van der Waals surface area contributed by atoms with Crippen molar-refractivity contribution in [3.63, 3.8) is 0 Å². The lowest BCUT2D eigenvalue weighted by Crippen LogP contribution is -2.31. The van der Waals surface area contributed by atoms with Crippen molar-refractivity contribution in [2.75, 3.05) is 7.11 Å². The van der Waals surface area contributed by atoms with Crippen molar-refractivity contribution < 1.29 is 14.6 Å². The lowest BCUT2D eigenvalue weighted by Gasteiger charge is -2.13. The Morgan fingerprint density at radius 1 is 1.67 bits per heavy atom. The van der Waals surface area contributed by atoms with Crippen LogP contribution in [0.15, 0.2) is 0 Å². The van der Waals surface area contributed by atoms with Crippen LogP contribution in [0.3, 0.4) is 0 Å². The van der Waals surface area contributed by atoms with E-state index in [2.05, 4.69) is 0 Å². The van der Waals surface area contributed by atoms with E-state index in [0.717, 1.165) is 0 Å². The van der Waals surface area contributed by atoms with E-state index in [1.165, 1.54) is 14.0 Å². The smallest absolute Gasteiger partial charge is 0.160 e. The van der Waals surface area contributed by atoms with Crippen molar-refractivity contribution in [1.29, 1.82) is 0 Å². The Hall–Kier alpha value is -0.410. The molecule has 0 aromatic rings. The van der Waals surface area contributed by atoms with Gasteiger partial charge in [0.15, 0.2) is 5.78 Å². The molecular formula is C6H12O3. The molecule has 3 nitrogen and oxygen atoms in total. The first-order valence-electron chi connectivity index (χ1n) is 2.81. The van der Waals surface area contributed by atoms with Crippen LogP contribution in [0.25, 0.3) is 0 Å². The van der Waals surface area contributed by atoms with E-state index in [4.69, 9.17) is 9.84 Å². The van der Waals surface area contributed by atoms with Crippen LogP contribution in [0.5, 0.6) is 0 Å². The van der Waals surface area contributed by atoms with Crippen molar-refractivity contribution in [1.82, 2.24) is 0 Å². The van der Waals surface area contributed by atoms with Gasteiger partial charge in [-0.3, -0.25) is 4.79 Å². The van der Waals surface area contributed by atoms with Gasteiger partial charge in [0, 0.05) is 7.11 Å². The van der Waals surface area contributed by atoms with Crippen LogP contribution >= 0.6 is 0 Å². The Labute approximate surface area is 54.6 Å². The lowest BCUT2D eigenvalue weighted by molar-refractivity contribution is -0.131. The first-order valence-corrected chi connectivity index (χ1v) is 2.81. The SMILES string of the molecule is COC(C)C(O)C(C)=O. The number of carbonyl (C=O) groups excluding carboxylic acids is 1. The van der Waals surface area contributed by atoms with Crippen molar-refractivity contribution in [2.24, 2.45) is 0 Å². The minimum absolute atomic E-state index is 0.260. The van der Waals surface area contributed by atoms with E-state index in [9.17, 15) is 4.79 Å². The van der Waals surface area contributed by atoms with Crippen LogP contribution in [0.4, 0.5) is 0 Å². The minimum Gasteiger partial charge on any atom is -0.383 e. The fourth-order valence-corrected chi connectivity index (χ4v) is 0.459. The quantitative estimate of drug-likeness (QED) is 0.586. The van der Waals surface area contributed by atoms with Crippen LogP contribution in [-0.4, -0.2) is 30.2 Å². The zero-order chi connectivity index (χ0) is 7.44. The van der Waals surface area contributed by atoms with Crippen LogP contribution in [0.1, 0.15) is 13.8 Å². The Kier molecular flexibility index (Phi) is 3.42. The normalized spacial score (nSPS) is 16.9. The summed E-state index contributed by atoms with van der Waals surface area (Å²) in [6.45, 7) is 2.98. The van der Waals surface area contributed by atoms with E-state index in [1.54, 1.807) is 6.92 Å². The summed E-state index contributed by atoms with van der Waals surface area (Å²) < 4.78 is 4.70. The highest BCUT2D eigenvalue weighted by molar-refractivity contribution is 5.80. The maximum atomic E-state index is 10.4. The van der Waals surface area contributed by atoms with E-state index in [0.29, 0.717) is 0 Å². The third-order valence-electron chi connectivity index (χ3n) is 1.23. The maximum Gasteiger partial charge on any atom is 0.160 e. The Morgan fingerprint density at radius 3 is 2.22 bits per heavy atom. The van der Waals surface area contributed by atoms with E-state index >= 15 is 0 Å². The number of ketones is 1. The van der Waals surface area contributed by atoms with E-state index in [1.807, 2.05) is 0 Å². The predicted molar refractivity (Wildman–Crippen MR) is 33.2 cm³/mol. The van der Waals surface area contributed by atoms with Gasteiger partial charge >= 0.3 is 0 Å². The molecular weight excluding hydrogens is 120 g/mol. The van der Waals surface area contributed by atoms with E-state index in [-0.39, 0.29) is 5.78 Å². The average Bonchev–Trinajstić information content (AvgIpc) is 1.84. The molecule has 3 heteroatoms. The van der Waals surface area contributed by atoms with Gasteiger partial charge < -0.3 is 9.84 Å². The number of aliphatic hydroxyl groups excluding tert-OH is 1. The molecule has 0 radical (unpaired) electrons. The monoisotopic (exact) mass is 132 g/mol. The van der Waals surface area contributed by atoms with Crippen molar-refractivity contribution in [3.05, 3.63) is 0 Å². The van der Waals surface area contributed by atoms with Gasteiger partial charge in [0.05, 0.1) is 6.10 Å². The number of Topliss-reactive ketones (excluding diaryl/α,β-unsaturated/α-hetero) is 1. The summed E-state index contributed by atoms with van der Waals surface area (Å²) >= 11 is 0. The molecule has 0 spiro atoms. The zero-order valence-corrected chi connectivity index (χ0v) is 5.92. The van der Waals surface area contributed by atoms with Crippen molar-refractivity contribution >= 4 is 5.78 Å². The van der Waals surface area contributed by atoms with Gasteiger partial charge in [0.1, 0.15) is 6.10 Å². The second-order valence-electron chi connectivity index (χ2n) is 2.00. The number of hydrogen-bond donors (Lipinski definition) is 1. The number of ether oxygens (including phenoxy) is 1. The molecule has 0 aliphatic carbocycles. The third kappa shape index (κ3) is 2.58. The minimum atomic E-state index is -0.977. The van der Waals surface area contributed by atoms with E-state index < -0.39 is 12.2 Å². The molecule has 0 aliphatic heterocycles. The molecule has 0 aliphatic rings. The molecule has 1 N–H and O–H groups in total. The molecule has 0 aromatic carbocycles. The molecule has 0 saturated carbocycles. The second-order valence-corrected chi connectivity index (χ2v) is 2.00. The molecule has 54 valence electrons. The molecule has 0 saturated heterocycles. The molecule has 0 amide bonds. The molecule has 0 rings (SSSR count). The van der Waals surface area contributed by atoms with Crippen LogP contribution in [-0.2, 0) is 9.53 Å². The molecule has 9 heavy (non-hydrogen) atoms. The van der Waals surface area contributed by atoms with Crippen LogP contribution < -0.4 is 0 Å². The summed E-state index contributed by atoms with van der Waals surface area (Å²) in [5.41, 5.74) is 0. The van der Waals surface area contributed by atoms with Gasteiger partial charge in [-0.1, -0.05) is 0 Å². The van der Waals surface area contributed by atoms with Crippen molar-refractivity contribution in [3.8, 4) is 0 Å². The first-order chi connectivity index (χ1) is 4.09. The Bertz CT molecular complexity index is 100. The lowest BCUT2D eigenvalue weighted by atomic mass is 10.2. The Morgan fingerprint density at radius 2 is 2.11 bits per heavy atom. The number of rotatable bonds is 3. The van der Waals surface area contributed by atoms with Gasteiger partial charge in [-0.2, -0.15) is 0 Å². The average molecular weight is 132 g/mol. The van der Waals surface area contributed by atoms with Gasteiger partial charge in [0.25, 0.3) is 0 Å². The second kappa shape index (κ2) is 3.58. The molecule has 2 unspecified atom stereocenters. The maximum absolute atomic E-state index is 10.4. The largest absolute Gasteiger partial charge is 0.383 e. The summed E-state index contributed by atoms with van der Waals surface area (Å²) in [5, 5.41) is 8.92. The number of aliphatic hydroxyl groups is 1. The number of carbonyl (C=O) groups is 1. The molecule has 0 aromatic heterocycles. The first kappa shape index (κ1) is 8.59. The molecule has 0 fully saturated rings. The summed E-state index contributed by atoms with van der Waals surface area (Å²) in [4.78, 5) is 10.4. The van der Waals surface area contributed by atoms with Crippen LogP contribution in [0.2, 0.25) is 0 Å². The summed E-state index contributed by atoms with van der Waals surface area (Å²) in [6.07, 6.45) is -1.38. The van der Waals surface area contributed by atoms with Gasteiger partial charge in [-0.25, -0.2) is 0 Å². The highest BCUT2D eigenvalue weighted by atomic mass is 16.5. The Balaban J connectivity index is 3.72. The zero-order valence-electron chi connectivity index (χ0n) is 5.92. The van der Waals surface area contributed by atoms with Gasteiger partial charge in [-0.15, -0.1) is 0 Å². The highest BCUT2D eigenvalue weighted by Crippen LogP contribution is 1.96. The van der Waals surface area contributed by atoms with Gasteiger partial charge in [-0.05, 0) is 13.8 Å². The number of hydrogen-bond acceptors (Lipinski definition) is 3. The summed E-state index contributed by atoms with van der Waals surface area (Å²) in [7, 11) is 1.46. The molecule has 0 bridgehead atoms. The summed E-state index contributed by atoms with van der Waals surface area (Å²) in [6, 6.07) is 0. The fourth-order valence-electron chi connectivity index (χ4n) is 0.459. The fraction of sp³-hybridized carbons (Fsp3) is 0.833. The molecule has 2 atom stereocenters. The highest BCUT2D eigenvalue weighted by Gasteiger charge is 2.16. The predicted octanol–water partition coefficient (Wildman–Crippen LogP) is -0.0288. The van der Waals surface area contributed by atoms with Crippen molar-refractivity contribution in [2.45, 2.75) is 26.1 Å². The van der Waals surface area contributed by atoms with Crippen LogP contribution in [0, 0.1) is 0 Å². The number of methoxy groups -OCH3 is 1.